The molecule has 0 aromatic heterocycles. The molecule has 0 radical (unpaired) electrons. The minimum atomic E-state index is -5.08. The molecule has 49 heavy (non-hydrogen) atoms. The highest BCUT2D eigenvalue weighted by atomic mass is 32.2. The van der Waals surface area contributed by atoms with Crippen LogP contribution >= 0.6 is 0 Å². The molecule has 0 aliphatic carbocycles. The fraction of sp³-hybridized carbons (Fsp3) is 0.441. The van der Waals surface area contributed by atoms with Crippen LogP contribution in [0.4, 0.5) is 32.0 Å². The summed E-state index contributed by atoms with van der Waals surface area (Å²) >= 11 is 0. The van der Waals surface area contributed by atoms with Crippen molar-refractivity contribution in [1.82, 2.24) is 9.80 Å². The quantitative estimate of drug-likeness (QED) is 0.248. The number of fused-ring (bicyclic) bond motifs is 3. The Bertz CT molecular complexity index is 1810. The lowest BCUT2D eigenvalue weighted by molar-refractivity contribution is -0.143. The van der Waals surface area contributed by atoms with Crippen molar-refractivity contribution in [2.45, 2.75) is 42.9 Å². The van der Waals surface area contributed by atoms with Crippen LogP contribution in [-0.2, 0) is 27.8 Å². The van der Waals surface area contributed by atoms with Crippen molar-refractivity contribution >= 4 is 21.6 Å². The minimum absolute atomic E-state index is 0.00217. The first-order chi connectivity index (χ1) is 22.9. The number of hydrogen-bond donors (Lipinski definition) is 0. The summed E-state index contributed by atoms with van der Waals surface area (Å²) in [6.45, 7) is 2.35. The smallest absolute Gasteiger partial charge is 0.416 e. The number of carbonyl (C=O) groups excluding carboxylic acids is 1. The number of anilines is 1. The molecule has 264 valence electrons. The van der Waals surface area contributed by atoms with Gasteiger partial charge in [0.25, 0.3) is 5.91 Å². The Hall–Kier alpha value is -3.98. The Morgan fingerprint density at radius 1 is 0.918 bits per heavy atom. The summed E-state index contributed by atoms with van der Waals surface area (Å²) in [5.74, 6) is -0.297. The molecule has 0 N–H and O–H groups in total. The third-order valence-corrected chi connectivity index (χ3v) is 10.9. The van der Waals surface area contributed by atoms with E-state index in [1.807, 2.05) is 30.3 Å². The summed E-state index contributed by atoms with van der Waals surface area (Å²) in [5, 5.41) is 0. The van der Waals surface area contributed by atoms with Gasteiger partial charge < -0.3 is 19.3 Å². The number of nitrogens with zero attached hydrogens (tertiary/aromatic N) is 3. The predicted octanol–water partition coefficient (Wildman–Crippen LogP) is 6.51. The lowest BCUT2D eigenvalue weighted by atomic mass is 9.74. The van der Waals surface area contributed by atoms with Gasteiger partial charge in [-0.25, -0.2) is 8.42 Å². The van der Waals surface area contributed by atoms with E-state index in [4.69, 9.17) is 9.47 Å². The normalized spacial score (nSPS) is 18.1. The Kier molecular flexibility index (Phi) is 9.05. The molecule has 1 fully saturated rings. The molecule has 6 rings (SSSR count). The summed E-state index contributed by atoms with van der Waals surface area (Å²) in [4.78, 5) is 16.8. The molecule has 3 aromatic carbocycles. The van der Waals surface area contributed by atoms with Crippen LogP contribution in [0, 0.1) is 0 Å². The maximum Gasteiger partial charge on any atom is 0.416 e. The largest absolute Gasteiger partial charge is 0.454 e. The van der Waals surface area contributed by atoms with Crippen molar-refractivity contribution in [3.63, 3.8) is 0 Å². The van der Waals surface area contributed by atoms with Crippen molar-refractivity contribution in [2.75, 3.05) is 57.1 Å². The number of halogens is 6. The van der Waals surface area contributed by atoms with Crippen molar-refractivity contribution in [3.05, 3.63) is 88.5 Å². The highest BCUT2D eigenvalue weighted by Gasteiger charge is 2.47. The van der Waals surface area contributed by atoms with Gasteiger partial charge in [0.15, 0.2) is 11.5 Å². The summed E-state index contributed by atoms with van der Waals surface area (Å²) < 4.78 is 119. The number of hydrogen-bond acceptors (Lipinski definition) is 6. The van der Waals surface area contributed by atoms with Crippen LogP contribution in [-0.4, -0.2) is 76.9 Å². The van der Waals surface area contributed by atoms with Gasteiger partial charge in [-0.1, -0.05) is 24.3 Å². The molecule has 3 heterocycles. The lowest BCUT2D eigenvalue weighted by Gasteiger charge is -2.40. The Balaban J connectivity index is 1.19. The number of sulfonamides is 1. The van der Waals surface area contributed by atoms with Crippen LogP contribution in [0.3, 0.4) is 0 Å². The first kappa shape index (κ1) is 34.9. The Morgan fingerprint density at radius 3 is 2.18 bits per heavy atom. The first-order valence-corrected chi connectivity index (χ1v) is 17.5. The van der Waals surface area contributed by atoms with Crippen LogP contribution in [0.2, 0.25) is 0 Å². The van der Waals surface area contributed by atoms with E-state index in [9.17, 15) is 39.6 Å². The average Bonchev–Trinajstić information content (AvgIpc) is 3.65. The van der Waals surface area contributed by atoms with Crippen LogP contribution in [0.5, 0.6) is 11.5 Å². The Labute approximate surface area is 280 Å². The molecule has 0 bridgehead atoms. The number of amides is 1. The second-order valence-electron chi connectivity index (χ2n) is 13.0. The van der Waals surface area contributed by atoms with Gasteiger partial charge in [0, 0.05) is 37.0 Å². The van der Waals surface area contributed by atoms with Gasteiger partial charge in [-0.15, -0.1) is 0 Å². The second-order valence-corrected chi connectivity index (χ2v) is 14.9. The SMILES string of the molecule is CN(C[C@@H](CCN1CCC2(CC1)CN(S(C)(=O)=O)c1ccccc12)c1ccc2c(c1)OCO2)C(=O)c1cc(C(F)(F)F)cc(C(F)(F)F)c1. The van der Waals surface area contributed by atoms with Crippen molar-refractivity contribution in [1.29, 1.82) is 0 Å². The Morgan fingerprint density at radius 2 is 1.55 bits per heavy atom. The minimum Gasteiger partial charge on any atom is -0.454 e. The summed E-state index contributed by atoms with van der Waals surface area (Å²) in [6, 6.07) is 13.7. The molecular weight excluding hydrogens is 676 g/mol. The molecule has 1 amide bonds. The summed E-state index contributed by atoms with van der Waals surface area (Å²) in [7, 11) is -2.11. The van der Waals surface area contributed by atoms with E-state index >= 15 is 0 Å². The van der Waals surface area contributed by atoms with Gasteiger partial charge in [0.2, 0.25) is 16.8 Å². The van der Waals surface area contributed by atoms with Gasteiger partial charge in [-0.2, -0.15) is 26.3 Å². The van der Waals surface area contributed by atoms with E-state index in [1.165, 1.54) is 17.6 Å². The number of para-hydroxylation sites is 1. The van der Waals surface area contributed by atoms with Gasteiger partial charge >= 0.3 is 12.4 Å². The molecular formula is C34H35F6N3O5S. The monoisotopic (exact) mass is 711 g/mol. The molecule has 8 nitrogen and oxygen atoms in total. The molecule has 1 saturated heterocycles. The number of rotatable bonds is 8. The number of benzene rings is 3. The van der Waals surface area contributed by atoms with Crippen molar-refractivity contribution in [2.24, 2.45) is 0 Å². The molecule has 3 aromatic rings. The van der Waals surface area contributed by atoms with Crippen LogP contribution in [0.15, 0.2) is 60.7 Å². The number of carbonyl (C=O) groups is 1. The van der Waals surface area contributed by atoms with E-state index in [1.54, 1.807) is 12.1 Å². The first-order valence-electron chi connectivity index (χ1n) is 15.7. The fourth-order valence-electron chi connectivity index (χ4n) is 7.09. The van der Waals surface area contributed by atoms with Crippen molar-refractivity contribution < 1.29 is 49.0 Å². The molecule has 0 unspecified atom stereocenters. The van der Waals surface area contributed by atoms with Crippen LogP contribution in [0.25, 0.3) is 0 Å². The zero-order valence-electron chi connectivity index (χ0n) is 26.8. The maximum absolute atomic E-state index is 13.5. The number of alkyl halides is 6. The highest BCUT2D eigenvalue weighted by molar-refractivity contribution is 7.92. The number of piperidine rings is 1. The predicted molar refractivity (Wildman–Crippen MR) is 169 cm³/mol. The van der Waals surface area contributed by atoms with Gasteiger partial charge in [0.05, 0.1) is 23.1 Å². The lowest BCUT2D eigenvalue weighted by Crippen LogP contribution is -2.46. The van der Waals surface area contributed by atoms with Gasteiger partial charge in [-0.05, 0) is 86.4 Å². The van der Waals surface area contributed by atoms with E-state index < -0.39 is 45.0 Å². The standard InChI is InChI=1S/C34H35F6N3O5S/c1-41(31(44)24-15-25(33(35,36)37)18-26(16-24)34(38,39)40)19-23(22-7-8-29-30(17-22)48-21-47-29)9-12-42-13-10-32(11-14-42)20-43(49(2,45)46)28-6-4-3-5-27(28)32/h3-8,15-18,23H,9-14,19-21H2,1-2H3/t23-/m1/s1. The number of ether oxygens (including phenoxy) is 2. The molecule has 1 spiro atoms. The van der Waals surface area contributed by atoms with E-state index in [0.29, 0.717) is 61.9 Å². The third-order valence-electron chi connectivity index (χ3n) is 9.74. The van der Waals surface area contributed by atoms with E-state index in [-0.39, 0.29) is 30.7 Å². The molecule has 0 saturated carbocycles. The number of likely N-dealkylation sites (tertiary alicyclic amines) is 1. The topological polar surface area (TPSA) is 79.4 Å². The number of likely N-dealkylation sites (N-methyl/N-ethyl adjacent to an activating group) is 1. The molecule has 15 heteroatoms. The molecule has 1 atom stereocenters. The second kappa shape index (κ2) is 12.7. The zero-order valence-corrected chi connectivity index (χ0v) is 27.6. The fourth-order valence-corrected chi connectivity index (χ4v) is 8.09. The maximum atomic E-state index is 13.5. The van der Waals surface area contributed by atoms with Gasteiger partial charge in [-0.3, -0.25) is 9.10 Å². The average molecular weight is 712 g/mol. The van der Waals surface area contributed by atoms with Crippen LogP contribution in [0.1, 0.15) is 57.8 Å². The summed E-state index contributed by atoms with van der Waals surface area (Å²) in [6.07, 6.45) is -7.01. The molecule has 3 aliphatic heterocycles. The van der Waals surface area contributed by atoms with E-state index in [0.717, 1.165) is 28.9 Å². The van der Waals surface area contributed by atoms with E-state index in [2.05, 4.69) is 4.90 Å². The van der Waals surface area contributed by atoms with Gasteiger partial charge in [0.1, 0.15) is 0 Å². The van der Waals surface area contributed by atoms with Crippen molar-refractivity contribution in [3.8, 4) is 11.5 Å². The zero-order chi connectivity index (χ0) is 35.4. The highest BCUT2D eigenvalue weighted by Crippen LogP contribution is 2.48. The van der Waals surface area contributed by atoms with Crippen LogP contribution < -0.4 is 13.8 Å². The summed E-state index contributed by atoms with van der Waals surface area (Å²) in [5.41, 5.74) is -1.66. The third kappa shape index (κ3) is 7.18. The molecule has 3 aliphatic rings.